The van der Waals surface area contributed by atoms with Gasteiger partial charge in [0.2, 0.25) is 0 Å². The zero-order valence-electron chi connectivity index (χ0n) is 17.4. The molecule has 0 aliphatic carbocycles. The monoisotopic (exact) mass is 441 g/mol. The molecule has 1 amide bonds. The Bertz CT molecular complexity index is 1380. The van der Waals surface area contributed by atoms with Gasteiger partial charge >= 0.3 is 5.91 Å². The van der Waals surface area contributed by atoms with Gasteiger partial charge in [0.1, 0.15) is 11.8 Å². The molecule has 1 aliphatic rings. The highest BCUT2D eigenvalue weighted by atomic mass is 32.1. The van der Waals surface area contributed by atoms with Crippen LogP contribution in [0.2, 0.25) is 0 Å². The van der Waals surface area contributed by atoms with Crippen LogP contribution in [0.3, 0.4) is 0 Å². The number of aryl methyl sites for hydroxylation is 2. The Kier molecular flexibility index (Phi) is 4.83. The fourth-order valence-electron chi connectivity index (χ4n) is 3.85. The van der Waals surface area contributed by atoms with Crippen molar-refractivity contribution in [3.63, 3.8) is 0 Å². The van der Waals surface area contributed by atoms with Crippen LogP contribution >= 0.6 is 11.3 Å². The lowest BCUT2D eigenvalue weighted by Gasteiger charge is -2.22. The van der Waals surface area contributed by atoms with E-state index in [-0.39, 0.29) is 11.3 Å². The van der Waals surface area contributed by atoms with Crippen LogP contribution in [0.5, 0.6) is 0 Å². The lowest BCUT2D eigenvalue weighted by atomic mass is 9.97. The number of fused-ring (bicyclic) bond motifs is 1. The summed E-state index contributed by atoms with van der Waals surface area (Å²) in [7, 11) is 0. The van der Waals surface area contributed by atoms with Crippen molar-refractivity contribution >= 4 is 44.1 Å². The van der Waals surface area contributed by atoms with Crippen molar-refractivity contribution in [1.82, 2.24) is 9.97 Å². The molecule has 2 aromatic carbocycles. The fraction of sp³-hybridized carbons (Fsp3) is 0.120. The summed E-state index contributed by atoms with van der Waals surface area (Å²) < 4.78 is 0.901. The Morgan fingerprint density at radius 2 is 1.78 bits per heavy atom. The first-order valence-corrected chi connectivity index (χ1v) is 10.9. The second kappa shape index (κ2) is 7.69. The second-order valence-electron chi connectivity index (χ2n) is 7.69. The molecule has 0 bridgehead atoms. The molecular weight excluding hydrogens is 422 g/mol. The molecular formula is C25H19N3O3S. The van der Waals surface area contributed by atoms with Gasteiger partial charge in [0.15, 0.2) is 5.13 Å². The number of thiazole rings is 1. The number of nitrogens with zero attached hydrogens (tertiary/aromatic N) is 3. The number of amides is 1. The van der Waals surface area contributed by atoms with Crippen LogP contribution in [0, 0.1) is 13.8 Å². The van der Waals surface area contributed by atoms with Crippen LogP contribution in [-0.4, -0.2) is 26.8 Å². The minimum absolute atomic E-state index is 0.0104. The lowest BCUT2D eigenvalue weighted by Crippen LogP contribution is -2.29. The normalized spacial score (nSPS) is 17.9. The van der Waals surface area contributed by atoms with Crippen molar-refractivity contribution in [2.24, 2.45) is 0 Å². The number of aliphatic hydroxyl groups excluding tert-OH is 1. The first-order valence-electron chi connectivity index (χ1n) is 10.1. The number of carbonyl (C=O) groups excluding carboxylic acids is 2. The number of rotatable bonds is 3. The number of hydrogen-bond acceptors (Lipinski definition) is 6. The third kappa shape index (κ3) is 3.18. The fourth-order valence-corrected chi connectivity index (χ4v) is 4.85. The molecule has 5 rings (SSSR count). The summed E-state index contributed by atoms with van der Waals surface area (Å²) in [5.41, 5.74) is 3.76. The molecule has 7 heteroatoms. The van der Waals surface area contributed by atoms with Gasteiger partial charge in [-0.3, -0.25) is 19.5 Å². The van der Waals surface area contributed by atoms with Crippen LogP contribution < -0.4 is 4.90 Å². The van der Waals surface area contributed by atoms with E-state index in [9.17, 15) is 14.7 Å². The largest absolute Gasteiger partial charge is 0.507 e. The first-order chi connectivity index (χ1) is 15.5. The number of ketones is 1. The van der Waals surface area contributed by atoms with E-state index in [2.05, 4.69) is 9.97 Å². The van der Waals surface area contributed by atoms with E-state index in [4.69, 9.17) is 0 Å². The summed E-state index contributed by atoms with van der Waals surface area (Å²) in [6.45, 7) is 3.90. The first kappa shape index (κ1) is 20.1. The third-order valence-electron chi connectivity index (χ3n) is 5.68. The molecule has 0 spiro atoms. The molecule has 3 heterocycles. The number of pyridine rings is 1. The maximum absolute atomic E-state index is 13.2. The van der Waals surface area contributed by atoms with Gasteiger partial charge in [-0.1, -0.05) is 41.7 Å². The topological polar surface area (TPSA) is 83.4 Å². The Morgan fingerprint density at radius 1 is 1.00 bits per heavy atom. The lowest BCUT2D eigenvalue weighted by molar-refractivity contribution is -0.132. The van der Waals surface area contributed by atoms with E-state index in [0.29, 0.717) is 16.4 Å². The van der Waals surface area contributed by atoms with Crippen molar-refractivity contribution < 1.29 is 14.7 Å². The molecule has 1 unspecified atom stereocenters. The van der Waals surface area contributed by atoms with Crippen molar-refractivity contribution in [1.29, 1.82) is 0 Å². The van der Waals surface area contributed by atoms with Crippen molar-refractivity contribution in [3.05, 3.63) is 94.8 Å². The molecule has 2 aromatic heterocycles. The standard InChI is InChI=1S/C25H19N3O3S/c1-14-10-11-16(13-15(14)2)22(29)20-21(18-8-5-6-12-26-18)28(24(31)23(20)30)25-27-17-7-3-4-9-19(17)32-25/h3-13,21,29H,1-2H3/b22-20+. The Morgan fingerprint density at radius 3 is 2.50 bits per heavy atom. The number of aliphatic hydroxyl groups is 1. The van der Waals surface area contributed by atoms with E-state index in [1.54, 1.807) is 30.5 Å². The summed E-state index contributed by atoms with van der Waals surface area (Å²) in [4.78, 5) is 36.7. The maximum Gasteiger partial charge on any atom is 0.301 e. The second-order valence-corrected chi connectivity index (χ2v) is 8.70. The highest BCUT2D eigenvalue weighted by molar-refractivity contribution is 7.22. The summed E-state index contributed by atoms with van der Waals surface area (Å²) in [5.74, 6) is -1.70. The summed E-state index contributed by atoms with van der Waals surface area (Å²) in [5, 5.41) is 11.6. The number of aromatic nitrogens is 2. The molecule has 1 saturated heterocycles. The van der Waals surface area contributed by atoms with E-state index in [1.165, 1.54) is 16.2 Å². The molecule has 6 nitrogen and oxygen atoms in total. The maximum atomic E-state index is 13.2. The quantitative estimate of drug-likeness (QED) is 0.277. The van der Waals surface area contributed by atoms with Gasteiger partial charge in [-0.25, -0.2) is 4.98 Å². The Balaban J connectivity index is 1.73. The van der Waals surface area contributed by atoms with Crippen LogP contribution in [0.25, 0.3) is 16.0 Å². The SMILES string of the molecule is Cc1ccc(/C(O)=C2\C(=O)C(=O)N(c3nc4ccccc4s3)C2c2ccccn2)cc1C. The zero-order chi connectivity index (χ0) is 22.4. The van der Waals surface area contributed by atoms with Gasteiger partial charge in [0, 0.05) is 11.8 Å². The van der Waals surface area contributed by atoms with Crippen LogP contribution in [0.4, 0.5) is 5.13 Å². The summed E-state index contributed by atoms with van der Waals surface area (Å²) >= 11 is 1.32. The minimum Gasteiger partial charge on any atom is -0.507 e. The van der Waals surface area contributed by atoms with Crippen molar-refractivity contribution in [2.75, 3.05) is 4.90 Å². The number of carbonyl (C=O) groups is 2. The van der Waals surface area contributed by atoms with E-state index >= 15 is 0 Å². The molecule has 1 fully saturated rings. The minimum atomic E-state index is -0.877. The van der Waals surface area contributed by atoms with Crippen LogP contribution in [0.15, 0.2) is 72.4 Å². The smallest absolute Gasteiger partial charge is 0.301 e. The molecule has 32 heavy (non-hydrogen) atoms. The van der Waals surface area contributed by atoms with E-state index < -0.39 is 17.7 Å². The Hall–Kier alpha value is -3.84. The predicted molar refractivity (Wildman–Crippen MR) is 125 cm³/mol. The highest BCUT2D eigenvalue weighted by Crippen LogP contribution is 2.43. The molecule has 1 aliphatic heterocycles. The van der Waals surface area contributed by atoms with Gasteiger partial charge < -0.3 is 5.11 Å². The molecule has 4 aromatic rings. The van der Waals surface area contributed by atoms with E-state index in [0.717, 1.165) is 21.3 Å². The Labute approximate surface area is 188 Å². The predicted octanol–water partition coefficient (Wildman–Crippen LogP) is 4.93. The van der Waals surface area contributed by atoms with Gasteiger partial charge in [0.05, 0.1) is 21.5 Å². The highest BCUT2D eigenvalue weighted by Gasteiger charge is 2.48. The third-order valence-corrected chi connectivity index (χ3v) is 6.72. The summed E-state index contributed by atoms with van der Waals surface area (Å²) in [6, 6.07) is 17.4. The van der Waals surface area contributed by atoms with Gasteiger partial charge in [-0.05, 0) is 55.3 Å². The number of para-hydroxylation sites is 1. The number of anilines is 1. The van der Waals surface area contributed by atoms with E-state index in [1.807, 2.05) is 50.2 Å². The molecule has 1 atom stereocenters. The van der Waals surface area contributed by atoms with Crippen LogP contribution in [0.1, 0.15) is 28.4 Å². The number of benzene rings is 2. The van der Waals surface area contributed by atoms with Crippen molar-refractivity contribution in [2.45, 2.75) is 19.9 Å². The molecule has 0 radical (unpaired) electrons. The van der Waals surface area contributed by atoms with Crippen LogP contribution in [-0.2, 0) is 9.59 Å². The van der Waals surface area contributed by atoms with Crippen molar-refractivity contribution in [3.8, 4) is 0 Å². The zero-order valence-corrected chi connectivity index (χ0v) is 18.3. The van der Waals surface area contributed by atoms with Gasteiger partial charge in [-0.2, -0.15) is 0 Å². The molecule has 0 saturated carbocycles. The number of Topliss-reactive ketones (excluding diaryl/α,β-unsaturated/α-hetero) is 1. The molecule has 158 valence electrons. The average molecular weight is 442 g/mol. The van der Waals surface area contributed by atoms with Gasteiger partial charge in [-0.15, -0.1) is 0 Å². The number of hydrogen-bond donors (Lipinski definition) is 1. The van der Waals surface area contributed by atoms with Gasteiger partial charge in [0.25, 0.3) is 5.78 Å². The molecule has 1 N–H and O–H groups in total. The summed E-state index contributed by atoms with van der Waals surface area (Å²) in [6.07, 6.45) is 1.60. The average Bonchev–Trinajstić information content (AvgIpc) is 3.34.